The van der Waals surface area contributed by atoms with E-state index in [-0.39, 0.29) is 23.9 Å². The first-order valence-electron chi connectivity index (χ1n) is 8.99. The lowest BCUT2D eigenvalue weighted by Crippen LogP contribution is -2.29. The molecule has 0 saturated carbocycles. The van der Waals surface area contributed by atoms with E-state index in [9.17, 15) is 20.1 Å². The summed E-state index contributed by atoms with van der Waals surface area (Å²) in [5.41, 5.74) is 1.26. The summed E-state index contributed by atoms with van der Waals surface area (Å²) in [7, 11) is 4.21. The van der Waals surface area contributed by atoms with Crippen molar-refractivity contribution in [2.75, 3.05) is 27.9 Å². The lowest BCUT2D eigenvalue weighted by molar-refractivity contribution is -0.140. The SMILES string of the molecule is COC(=O)CCc1ccc(O[C@H](CO)[C@@H](O)c2ccc(O)c(OC)c2)c(OC)c1. The molecule has 3 N–H and O–H groups in total. The van der Waals surface area contributed by atoms with E-state index in [0.717, 1.165) is 5.56 Å². The monoisotopic (exact) mass is 406 g/mol. The number of ether oxygens (including phenoxy) is 4. The summed E-state index contributed by atoms with van der Waals surface area (Å²) in [6.45, 7) is -0.461. The van der Waals surface area contributed by atoms with Gasteiger partial charge in [0.1, 0.15) is 6.10 Å². The van der Waals surface area contributed by atoms with Crippen LogP contribution in [-0.2, 0) is 16.0 Å². The Labute approximate surface area is 169 Å². The molecule has 2 aromatic rings. The van der Waals surface area contributed by atoms with Crippen LogP contribution in [0.1, 0.15) is 23.7 Å². The number of esters is 1. The van der Waals surface area contributed by atoms with Crippen molar-refractivity contribution in [3.8, 4) is 23.0 Å². The summed E-state index contributed by atoms with van der Waals surface area (Å²) in [5, 5.41) is 30.1. The third-order valence-corrected chi connectivity index (χ3v) is 4.43. The molecule has 0 spiro atoms. The Balaban J connectivity index is 2.17. The van der Waals surface area contributed by atoms with Crippen LogP contribution in [0.5, 0.6) is 23.0 Å². The Morgan fingerprint density at radius 1 is 1.00 bits per heavy atom. The van der Waals surface area contributed by atoms with Gasteiger partial charge >= 0.3 is 5.97 Å². The van der Waals surface area contributed by atoms with Crippen LogP contribution in [0.15, 0.2) is 36.4 Å². The second kappa shape index (κ2) is 10.5. The third-order valence-electron chi connectivity index (χ3n) is 4.43. The molecule has 0 heterocycles. The van der Waals surface area contributed by atoms with Gasteiger partial charge in [0, 0.05) is 6.42 Å². The molecule has 0 amide bonds. The number of phenols is 1. The first-order valence-corrected chi connectivity index (χ1v) is 8.99. The normalized spacial score (nSPS) is 12.7. The van der Waals surface area contributed by atoms with Gasteiger partial charge in [0.15, 0.2) is 29.1 Å². The average molecular weight is 406 g/mol. The number of rotatable bonds is 10. The van der Waals surface area contributed by atoms with Gasteiger partial charge in [-0.25, -0.2) is 0 Å². The van der Waals surface area contributed by atoms with E-state index >= 15 is 0 Å². The Morgan fingerprint density at radius 2 is 1.72 bits per heavy atom. The number of hydrogen-bond donors (Lipinski definition) is 3. The summed E-state index contributed by atoms with van der Waals surface area (Å²) >= 11 is 0. The molecule has 2 aromatic carbocycles. The lowest BCUT2D eigenvalue weighted by Gasteiger charge is -2.24. The van der Waals surface area contributed by atoms with E-state index < -0.39 is 18.8 Å². The van der Waals surface area contributed by atoms with Gasteiger partial charge in [-0.2, -0.15) is 0 Å². The number of methoxy groups -OCH3 is 3. The molecule has 0 unspecified atom stereocenters. The highest BCUT2D eigenvalue weighted by Crippen LogP contribution is 2.34. The van der Waals surface area contributed by atoms with Gasteiger partial charge in [-0.15, -0.1) is 0 Å². The molecule has 0 radical (unpaired) electrons. The van der Waals surface area contributed by atoms with Crippen LogP contribution in [0.4, 0.5) is 0 Å². The number of aromatic hydroxyl groups is 1. The van der Waals surface area contributed by atoms with Gasteiger partial charge in [-0.05, 0) is 41.8 Å². The fraction of sp³-hybridized carbons (Fsp3) is 0.381. The third kappa shape index (κ3) is 5.75. The van der Waals surface area contributed by atoms with Crippen LogP contribution in [0.25, 0.3) is 0 Å². The summed E-state index contributed by atoms with van der Waals surface area (Å²) < 4.78 is 20.8. The molecule has 0 aromatic heterocycles. The molecule has 0 bridgehead atoms. The van der Waals surface area contributed by atoms with Crippen molar-refractivity contribution in [3.63, 3.8) is 0 Å². The van der Waals surface area contributed by atoms with E-state index in [0.29, 0.717) is 23.5 Å². The van der Waals surface area contributed by atoms with Crippen molar-refractivity contribution in [1.29, 1.82) is 0 Å². The first kappa shape index (κ1) is 22.3. The molecule has 29 heavy (non-hydrogen) atoms. The highest BCUT2D eigenvalue weighted by Gasteiger charge is 2.24. The predicted molar refractivity (Wildman–Crippen MR) is 104 cm³/mol. The number of carbonyl (C=O) groups is 1. The molecule has 0 saturated heterocycles. The van der Waals surface area contributed by atoms with Gasteiger partial charge in [-0.1, -0.05) is 12.1 Å². The molecule has 158 valence electrons. The molecule has 2 atom stereocenters. The number of aryl methyl sites for hydroxylation is 1. The molecule has 8 heteroatoms. The van der Waals surface area contributed by atoms with Crippen LogP contribution in [0.3, 0.4) is 0 Å². The van der Waals surface area contributed by atoms with Crippen molar-refractivity contribution in [2.45, 2.75) is 25.0 Å². The largest absolute Gasteiger partial charge is 0.504 e. The van der Waals surface area contributed by atoms with E-state index in [4.69, 9.17) is 14.2 Å². The zero-order valence-corrected chi connectivity index (χ0v) is 16.6. The minimum Gasteiger partial charge on any atom is -0.504 e. The highest BCUT2D eigenvalue weighted by molar-refractivity contribution is 5.69. The average Bonchev–Trinajstić information content (AvgIpc) is 2.75. The molecule has 2 rings (SSSR count). The number of carbonyl (C=O) groups excluding carboxylic acids is 1. The Kier molecular flexibility index (Phi) is 8.11. The summed E-state index contributed by atoms with van der Waals surface area (Å²) in [6.07, 6.45) is -1.46. The molecule has 0 aliphatic carbocycles. The van der Waals surface area contributed by atoms with Gasteiger partial charge < -0.3 is 34.3 Å². The molecule has 0 fully saturated rings. The first-order chi connectivity index (χ1) is 13.9. The van der Waals surface area contributed by atoms with E-state index in [1.165, 1.54) is 39.5 Å². The maximum Gasteiger partial charge on any atom is 0.305 e. The second-order valence-electron chi connectivity index (χ2n) is 6.28. The van der Waals surface area contributed by atoms with Gasteiger partial charge in [0.2, 0.25) is 0 Å². The van der Waals surface area contributed by atoms with E-state index in [2.05, 4.69) is 4.74 Å². The Hall–Kier alpha value is -2.97. The zero-order chi connectivity index (χ0) is 21.4. The smallest absolute Gasteiger partial charge is 0.305 e. The van der Waals surface area contributed by atoms with Crippen LogP contribution in [0, 0.1) is 0 Å². The van der Waals surface area contributed by atoms with Crippen molar-refractivity contribution in [3.05, 3.63) is 47.5 Å². The standard InChI is InChI=1S/C21H26O8/c1-26-17-11-14(6-7-15(17)23)21(25)19(12-22)29-16-8-4-13(10-18(16)27-2)5-9-20(24)28-3/h4,6-8,10-11,19,21-23,25H,5,9,12H2,1-3H3/t19-,21+/m1/s1. The second-order valence-corrected chi connectivity index (χ2v) is 6.28. The molecule has 0 aliphatic rings. The number of aliphatic hydroxyl groups excluding tert-OH is 2. The number of benzene rings is 2. The minimum atomic E-state index is -1.18. The molecular formula is C21H26O8. The fourth-order valence-corrected chi connectivity index (χ4v) is 2.77. The number of aliphatic hydroxyl groups is 2. The Morgan fingerprint density at radius 3 is 2.34 bits per heavy atom. The topological polar surface area (TPSA) is 115 Å². The van der Waals surface area contributed by atoms with E-state index in [1.54, 1.807) is 18.2 Å². The maximum absolute atomic E-state index is 11.3. The van der Waals surface area contributed by atoms with Crippen LogP contribution >= 0.6 is 0 Å². The Bertz CT molecular complexity index is 820. The summed E-state index contributed by atoms with van der Waals surface area (Å²) in [6, 6.07) is 9.52. The van der Waals surface area contributed by atoms with E-state index in [1.807, 2.05) is 0 Å². The van der Waals surface area contributed by atoms with Crippen molar-refractivity contribution in [1.82, 2.24) is 0 Å². The zero-order valence-electron chi connectivity index (χ0n) is 16.6. The summed E-state index contributed by atoms with van der Waals surface area (Å²) in [4.78, 5) is 11.3. The van der Waals surface area contributed by atoms with Gasteiger partial charge in [0.25, 0.3) is 0 Å². The van der Waals surface area contributed by atoms with Crippen LogP contribution in [-0.4, -0.2) is 55.3 Å². The molecule has 0 aliphatic heterocycles. The number of hydrogen-bond acceptors (Lipinski definition) is 8. The predicted octanol–water partition coefficient (Wildman–Crippen LogP) is 1.99. The molecule has 8 nitrogen and oxygen atoms in total. The van der Waals surface area contributed by atoms with Crippen molar-refractivity contribution < 1.29 is 39.1 Å². The fourth-order valence-electron chi connectivity index (χ4n) is 2.77. The van der Waals surface area contributed by atoms with Crippen molar-refractivity contribution in [2.24, 2.45) is 0 Å². The quantitative estimate of drug-likeness (QED) is 0.513. The van der Waals surface area contributed by atoms with Gasteiger partial charge in [0.05, 0.1) is 27.9 Å². The maximum atomic E-state index is 11.3. The highest BCUT2D eigenvalue weighted by atomic mass is 16.5. The van der Waals surface area contributed by atoms with Gasteiger partial charge in [-0.3, -0.25) is 4.79 Å². The summed E-state index contributed by atoms with van der Waals surface area (Å²) in [5.74, 6) is 0.566. The molecular weight excluding hydrogens is 380 g/mol. The minimum absolute atomic E-state index is 0.0610. The lowest BCUT2D eigenvalue weighted by atomic mass is 10.0. The van der Waals surface area contributed by atoms with Crippen LogP contribution < -0.4 is 14.2 Å². The number of phenolic OH excluding ortho intramolecular Hbond substituents is 1. The van der Waals surface area contributed by atoms with Crippen LogP contribution in [0.2, 0.25) is 0 Å². The van der Waals surface area contributed by atoms with Crippen molar-refractivity contribution >= 4 is 5.97 Å².